The molecule has 0 radical (unpaired) electrons. The molecule has 1 saturated heterocycles. The Bertz CT molecular complexity index is 1290. The fourth-order valence-corrected chi connectivity index (χ4v) is 4.66. The third-order valence-corrected chi connectivity index (χ3v) is 6.65. The van der Waals surface area contributed by atoms with Crippen molar-refractivity contribution in [1.29, 1.82) is 0 Å². The van der Waals surface area contributed by atoms with Crippen LogP contribution >= 0.6 is 0 Å². The van der Waals surface area contributed by atoms with Crippen LogP contribution in [0.5, 0.6) is 0 Å². The Hall–Kier alpha value is -3.53. The van der Waals surface area contributed by atoms with E-state index in [2.05, 4.69) is 30.5 Å². The molecule has 10 heteroatoms. The monoisotopic (exact) mass is 496 g/mol. The summed E-state index contributed by atoms with van der Waals surface area (Å²) in [7, 11) is 0. The van der Waals surface area contributed by atoms with Crippen molar-refractivity contribution in [2.45, 2.75) is 45.2 Å². The van der Waals surface area contributed by atoms with Gasteiger partial charge in [-0.2, -0.15) is 13.2 Å². The van der Waals surface area contributed by atoms with E-state index in [0.717, 1.165) is 55.1 Å². The lowest BCUT2D eigenvalue weighted by Gasteiger charge is -2.26. The number of halogens is 3. The molecular weight excluding hydrogens is 469 g/mol. The first-order chi connectivity index (χ1) is 17.3. The zero-order valence-corrected chi connectivity index (χ0v) is 20.0. The van der Waals surface area contributed by atoms with Crippen molar-refractivity contribution in [2.75, 3.05) is 30.3 Å². The summed E-state index contributed by atoms with van der Waals surface area (Å²) >= 11 is 0. The average Bonchev–Trinajstić information content (AvgIpc) is 2.99. The third kappa shape index (κ3) is 5.33. The van der Waals surface area contributed by atoms with Gasteiger partial charge in [-0.05, 0) is 63.0 Å². The molecule has 1 amide bonds. The maximum atomic E-state index is 13.2. The lowest BCUT2D eigenvalue weighted by molar-refractivity contribution is -0.137. The lowest BCUT2D eigenvalue weighted by Crippen LogP contribution is -2.31. The Kier molecular flexibility index (Phi) is 6.61. The van der Waals surface area contributed by atoms with E-state index in [9.17, 15) is 18.0 Å². The molecule has 0 bridgehead atoms. The molecule has 0 saturated carbocycles. The molecule has 188 valence electrons. The summed E-state index contributed by atoms with van der Waals surface area (Å²) in [6, 6.07) is 5.32. The number of rotatable bonds is 5. The van der Waals surface area contributed by atoms with E-state index in [1.165, 1.54) is 25.3 Å². The standard InChI is InChI=1S/C26H27F3N6O/c1-16-21(11-17(14-30-16)7-10-35-8-3-2-4-9-35)33-25-31-15-18-12-23(36)32-22-13-19(26(27,28)29)5-6-20(22)24(18)34-25/h5-6,11,13-15H,2-4,7-10,12H2,1H3,(H,32,36)(H,31,33,34). The van der Waals surface area contributed by atoms with Crippen molar-refractivity contribution < 1.29 is 18.0 Å². The van der Waals surface area contributed by atoms with Gasteiger partial charge in [-0.3, -0.25) is 9.78 Å². The number of alkyl halides is 3. The second-order valence-electron chi connectivity index (χ2n) is 9.30. The van der Waals surface area contributed by atoms with Crippen molar-refractivity contribution in [3.63, 3.8) is 0 Å². The summed E-state index contributed by atoms with van der Waals surface area (Å²) in [5.41, 5.74) is 3.27. The Balaban J connectivity index is 1.41. The van der Waals surface area contributed by atoms with E-state index in [4.69, 9.17) is 0 Å². The minimum atomic E-state index is -4.52. The summed E-state index contributed by atoms with van der Waals surface area (Å²) in [5, 5.41) is 5.78. The smallest absolute Gasteiger partial charge is 0.325 e. The highest BCUT2D eigenvalue weighted by Crippen LogP contribution is 2.38. The molecule has 0 aliphatic carbocycles. The van der Waals surface area contributed by atoms with Gasteiger partial charge >= 0.3 is 6.18 Å². The van der Waals surface area contributed by atoms with Crippen LogP contribution in [-0.4, -0.2) is 45.4 Å². The predicted molar refractivity (Wildman–Crippen MR) is 131 cm³/mol. The normalized spacial score (nSPS) is 16.1. The zero-order chi connectivity index (χ0) is 25.3. The van der Waals surface area contributed by atoms with E-state index < -0.39 is 17.6 Å². The number of aromatic nitrogens is 3. The Morgan fingerprint density at radius 1 is 1.08 bits per heavy atom. The number of hydrogen-bond donors (Lipinski definition) is 2. The van der Waals surface area contributed by atoms with Crippen LogP contribution in [-0.2, 0) is 23.8 Å². The molecule has 5 rings (SSSR count). The molecule has 2 aromatic heterocycles. The summed E-state index contributed by atoms with van der Waals surface area (Å²) in [5.74, 6) is -0.132. The van der Waals surface area contributed by atoms with Gasteiger partial charge < -0.3 is 15.5 Å². The minimum Gasteiger partial charge on any atom is -0.325 e. The number of amides is 1. The Morgan fingerprint density at radius 2 is 1.89 bits per heavy atom. The summed E-state index contributed by atoms with van der Waals surface area (Å²) in [4.78, 5) is 28.3. The Labute approximate surface area is 207 Å². The van der Waals surface area contributed by atoms with Crippen LogP contribution in [0.25, 0.3) is 11.3 Å². The van der Waals surface area contributed by atoms with Gasteiger partial charge in [0.15, 0.2) is 0 Å². The quantitative estimate of drug-likeness (QED) is 0.510. The van der Waals surface area contributed by atoms with E-state index in [1.807, 2.05) is 19.2 Å². The van der Waals surface area contributed by atoms with E-state index >= 15 is 0 Å². The molecule has 2 N–H and O–H groups in total. The molecular formula is C26H27F3N6O. The highest BCUT2D eigenvalue weighted by Gasteiger charge is 2.32. The van der Waals surface area contributed by atoms with Crippen LogP contribution in [0.15, 0.2) is 36.7 Å². The number of carbonyl (C=O) groups excluding carboxylic acids is 1. The maximum absolute atomic E-state index is 13.2. The highest BCUT2D eigenvalue weighted by atomic mass is 19.4. The number of nitrogens with one attached hydrogen (secondary N) is 2. The molecule has 0 atom stereocenters. The molecule has 0 unspecified atom stereocenters. The number of carbonyl (C=O) groups is 1. The van der Waals surface area contributed by atoms with Gasteiger partial charge in [0.1, 0.15) is 0 Å². The predicted octanol–water partition coefficient (Wildman–Crippen LogP) is 5.13. The SMILES string of the molecule is Cc1ncc(CCN2CCCCC2)cc1Nc1ncc2c(n1)-c1ccc(C(F)(F)F)cc1NC(=O)C2. The highest BCUT2D eigenvalue weighted by molar-refractivity contribution is 6.00. The van der Waals surface area contributed by atoms with Crippen LogP contribution in [0.3, 0.4) is 0 Å². The van der Waals surface area contributed by atoms with Crippen LogP contribution in [0.4, 0.5) is 30.5 Å². The van der Waals surface area contributed by atoms with Crippen molar-refractivity contribution >= 4 is 23.2 Å². The van der Waals surface area contributed by atoms with Crippen molar-refractivity contribution in [3.8, 4) is 11.3 Å². The number of anilines is 3. The second-order valence-corrected chi connectivity index (χ2v) is 9.30. The first-order valence-electron chi connectivity index (χ1n) is 12.1. The van der Waals surface area contributed by atoms with E-state index in [0.29, 0.717) is 16.8 Å². The van der Waals surface area contributed by atoms with Gasteiger partial charge in [0.2, 0.25) is 11.9 Å². The first kappa shape index (κ1) is 24.2. The lowest BCUT2D eigenvalue weighted by atomic mass is 10.0. The average molecular weight is 497 g/mol. The summed E-state index contributed by atoms with van der Waals surface area (Å²) in [6.07, 6.45) is 3.56. The van der Waals surface area contributed by atoms with Gasteiger partial charge in [-0.25, -0.2) is 9.97 Å². The topological polar surface area (TPSA) is 83.0 Å². The van der Waals surface area contributed by atoms with Crippen LogP contribution in [0.2, 0.25) is 0 Å². The zero-order valence-electron chi connectivity index (χ0n) is 20.0. The number of hydrogen-bond acceptors (Lipinski definition) is 6. The van der Waals surface area contributed by atoms with Gasteiger partial charge in [-0.15, -0.1) is 0 Å². The van der Waals surface area contributed by atoms with E-state index in [1.54, 1.807) is 6.20 Å². The fourth-order valence-electron chi connectivity index (χ4n) is 4.66. The maximum Gasteiger partial charge on any atom is 0.416 e. The van der Waals surface area contributed by atoms with Crippen LogP contribution in [0, 0.1) is 6.92 Å². The van der Waals surface area contributed by atoms with Gasteiger partial charge in [-0.1, -0.05) is 12.5 Å². The van der Waals surface area contributed by atoms with Crippen LogP contribution < -0.4 is 10.6 Å². The fraction of sp³-hybridized carbons (Fsp3) is 0.385. The molecule has 3 aromatic rings. The number of likely N-dealkylation sites (tertiary alicyclic amines) is 1. The first-order valence-corrected chi connectivity index (χ1v) is 12.1. The summed E-state index contributed by atoms with van der Waals surface area (Å²) < 4.78 is 39.7. The number of benzene rings is 1. The largest absolute Gasteiger partial charge is 0.416 e. The van der Waals surface area contributed by atoms with Crippen molar-refractivity contribution in [2.24, 2.45) is 0 Å². The molecule has 2 aliphatic heterocycles. The third-order valence-electron chi connectivity index (χ3n) is 6.65. The molecule has 36 heavy (non-hydrogen) atoms. The Morgan fingerprint density at radius 3 is 2.67 bits per heavy atom. The number of piperidine rings is 1. The molecule has 0 spiro atoms. The van der Waals surface area contributed by atoms with E-state index in [-0.39, 0.29) is 18.1 Å². The molecule has 2 aliphatic rings. The second kappa shape index (κ2) is 9.85. The van der Waals surface area contributed by atoms with Crippen molar-refractivity contribution in [3.05, 3.63) is 59.0 Å². The minimum absolute atomic E-state index is 0.0296. The van der Waals surface area contributed by atoms with Crippen molar-refractivity contribution in [1.82, 2.24) is 19.9 Å². The molecule has 1 fully saturated rings. The molecule has 1 aromatic carbocycles. The number of pyridine rings is 1. The van der Waals surface area contributed by atoms with Crippen LogP contribution in [0.1, 0.15) is 41.6 Å². The van der Waals surface area contributed by atoms with Gasteiger partial charge in [0, 0.05) is 30.1 Å². The van der Waals surface area contributed by atoms with Gasteiger partial charge in [0.25, 0.3) is 0 Å². The molecule has 7 nitrogen and oxygen atoms in total. The number of fused-ring (bicyclic) bond motifs is 3. The summed E-state index contributed by atoms with van der Waals surface area (Å²) in [6.45, 7) is 5.14. The molecule has 4 heterocycles. The van der Waals surface area contributed by atoms with Gasteiger partial charge in [0.05, 0.1) is 34.7 Å². The number of aryl methyl sites for hydroxylation is 1. The number of nitrogens with zero attached hydrogens (tertiary/aromatic N) is 4.